The minimum Gasteiger partial charge on any atom is -0.314 e. The molecule has 0 unspecified atom stereocenters. The summed E-state index contributed by atoms with van der Waals surface area (Å²) in [6.07, 6.45) is 4.15. The van der Waals surface area contributed by atoms with Gasteiger partial charge in [0.05, 0.1) is 0 Å². The Bertz CT molecular complexity index is 171. The van der Waals surface area contributed by atoms with Crippen molar-refractivity contribution in [3.8, 4) is 0 Å². The first kappa shape index (κ1) is 10.4. The van der Waals surface area contributed by atoms with Gasteiger partial charge in [0.1, 0.15) is 0 Å². The zero-order chi connectivity index (χ0) is 9.86. The number of rotatable bonds is 4. The number of piperazine rings is 1. The van der Waals surface area contributed by atoms with Crippen LogP contribution in [0.25, 0.3) is 0 Å². The van der Waals surface area contributed by atoms with Gasteiger partial charge in [-0.2, -0.15) is 0 Å². The molecule has 1 aliphatic carbocycles. The maximum atomic E-state index is 3.68. The van der Waals surface area contributed by atoms with Gasteiger partial charge in [-0.1, -0.05) is 0 Å². The van der Waals surface area contributed by atoms with Gasteiger partial charge in [0, 0.05) is 44.8 Å². The molecule has 1 saturated carbocycles. The first-order valence-corrected chi connectivity index (χ1v) is 5.97. The van der Waals surface area contributed by atoms with E-state index >= 15 is 0 Å². The van der Waals surface area contributed by atoms with Gasteiger partial charge in [-0.15, -0.1) is 0 Å². The van der Waals surface area contributed by atoms with Crippen LogP contribution in [0.15, 0.2) is 0 Å². The van der Waals surface area contributed by atoms with Gasteiger partial charge in [0.15, 0.2) is 0 Å². The lowest BCUT2D eigenvalue weighted by Crippen LogP contribution is -2.52. The van der Waals surface area contributed by atoms with Crippen LogP contribution < -0.4 is 10.6 Å². The van der Waals surface area contributed by atoms with Crippen molar-refractivity contribution < 1.29 is 0 Å². The van der Waals surface area contributed by atoms with Gasteiger partial charge in [0.25, 0.3) is 0 Å². The zero-order valence-corrected chi connectivity index (χ0v) is 9.31. The minimum atomic E-state index is 0.480. The molecule has 82 valence electrons. The van der Waals surface area contributed by atoms with Crippen molar-refractivity contribution in [2.75, 3.05) is 39.3 Å². The van der Waals surface area contributed by atoms with Crippen LogP contribution in [-0.2, 0) is 0 Å². The van der Waals surface area contributed by atoms with Gasteiger partial charge < -0.3 is 10.6 Å². The lowest BCUT2D eigenvalue weighted by atomic mass is 9.78. The lowest BCUT2D eigenvalue weighted by Gasteiger charge is -2.40. The fraction of sp³-hybridized carbons (Fsp3) is 1.00. The van der Waals surface area contributed by atoms with E-state index in [1.54, 1.807) is 0 Å². The number of hydrogen-bond donors (Lipinski definition) is 2. The average Bonchev–Trinajstić information content (AvgIpc) is 2.17. The van der Waals surface area contributed by atoms with E-state index in [1.807, 2.05) is 0 Å². The SMILES string of the molecule is CC1(NCCN2CCNCC2)CCC1. The molecule has 2 aliphatic rings. The molecule has 0 atom stereocenters. The Morgan fingerprint density at radius 1 is 1.29 bits per heavy atom. The molecule has 2 N–H and O–H groups in total. The van der Waals surface area contributed by atoms with E-state index in [0.717, 1.165) is 19.6 Å². The predicted molar refractivity (Wildman–Crippen MR) is 59.6 cm³/mol. The Balaban J connectivity index is 1.57. The summed E-state index contributed by atoms with van der Waals surface area (Å²) in [5.74, 6) is 0. The normalized spacial score (nSPS) is 27.2. The van der Waals surface area contributed by atoms with E-state index in [4.69, 9.17) is 0 Å². The van der Waals surface area contributed by atoms with Crippen LogP contribution in [0.1, 0.15) is 26.2 Å². The van der Waals surface area contributed by atoms with Gasteiger partial charge in [-0.05, 0) is 26.2 Å². The van der Waals surface area contributed by atoms with E-state index in [9.17, 15) is 0 Å². The molecule has 1 aliphatic heterocycles. The summed E-state index contributed by atoms with van der Waals surface area (Å²) in [6, 6.07) is 0. The maximum Gasteiger partial charge on any atom is 0.0153 e. The number of nitrogens with one attached hydrogen (secondary N) is 2. The van der Waals surface area contributed by atoms with Crippen LogP contribution in [0.2, 0.25) is 0 Å². The van der Waals surface area contributed by atoms with Crippen molar-refractivity contribution in [1.29, 1.82) is 0 Å². The molecular formula is C11H23N3. The van der Waals surface area contributed by atoms with E-state index in [0.29, 0.717) is 5.54 Å². The average molecular weight is 197 g/mol. The van der Waals surface area contributed by atoms with Crippen molar-refractivity contribution in [3.05, 3.63) is 0 Å². The predicted octanol–water partition coefficient (Wildman–Crippen LogP) is 0.424. The maximum absolute atomic E-state index is 3.68. The van der Waals surface area contributed by atoms with Crippen molar-refractivity contribution in [3.63, 3.8) is 0 Å². The quantitative estimate of drug-likeness (QED) is 0.684. The minimum absolute atomic E-state index is 0.480. The molecule has 0 radical (unpaired) electrons. The summed E-state index contributed by atoms with van der Waals surface area (Å²) in [7, 11) is 0. The molecule has 0 amide bonds. The van der Waals surface area contributed by atoms with E-state index in [2.05, 4.69) is 22.5 Å². The Labute approximate surface area is 87.2 Å². The summed E-state index contributed by atoms with van der Waals surface area (Å²) < 4.78 is 0. The highest BCUT2D eigenvalue weighted by Gasteiger charge is 2.30. The van der Waals surface area contributed by atoms with Crippen LogP contribution in [0.5, 0.6) is 0 Å². The highest BCUT2D eigenvalue weighted by atomic mass is 15.2. The molecule has 0 aromatic rings. The van der Waals surface area contributed by atoms with Gasteiger partial charge in [-0.3, -0.25) is 4.90 Å². The van der Waals surface area contributed by atoms with Crippen molar-refractivity contribution in [2.45, 2.75) is 31.7 Å². The highest BCUT2D eigenvalue weighted by Crippen LogP contribution is 2.30. The molecule has 1 heterocycles. The molecule has 1 saturated heterocycles. The van der Waals surface area contributed by atoms with E-state index in [1.165, 1.54) is 38.9 Å². The lowest BCUT2D eigenvalue weighted by molar-refractivity contribution is 0.184. The van der Waals surface area contributed by atoms with Gasteiger partial charge >= 0.3 is 0 Å². The van der Waals surface area contributed by atoms with Crippen LogP contribution >= 0.6 is 0 Å². The Kier molecular flexibility index (Phi) is 3.42. The first-order chi connectivity index (χ1) is 6.79. The largest absolute Gasteiger partial charge is 0.314 e. The second kappa shape index (κ2) is 4.60. The standard InChI is InChI=1S/C11H23N3/c1-11(3-2-4-11)13-7-10-14-8-5-12-6-9-14/h12-13H,2-10H2,1H3. The van der Waals surface area contributed by atoms with Crippen LogP contribution in [0.3, 0.4) is 0 Å². The fourth-order valence-electron chi connectivity index (χ4n) is 2.33. The molecule has 14 heavy (non-hydrogen) atoms. The first-order valence-electron chi connectivity index (χ1n) is 5.97. The van der Waals surface area contributed by atoms with E-state index in [-0.39, 0.29) is 0 Å². The van der Waals surface area contributed by atoms with Crippen LogP contribution in [0, 0.1) is 0 Å². The fourth-order valence-corrected chi connectivity index (χ4v) is 2.33. The van der Waals surface area contributed by atoms with Crippen LogP contribution in [0.4, 0.5) is 0 Å². The van der Waals surface area contributed by atoms with Crippen molar-refractivity contribution in [2.24, 2.45) is 0 Å². The zero-order valence-electron chi connectivity index (χ0n) is 9.31. The molecule has 0 aromatic heterocycles. The second-order valence-corrected chi connectivity index (χ2v) is 4.93. The second-order valence-electron chi connectivity index (χ2n) is 4.93. The van der Waals surface area contributed by atoms with Crippen LogP contribution in [-0.4, -0.2) is 49.7 Å². The monoisotopic (exact) mass is 197 g/mol. The van der Waals surface area contributed by atoms with Crippen molar-refractivity contribution >= 4 is 0 Å². The molecule has 3 nitrogen and oxygen atoms in total. The molecule has 0 spiro atoms. The molecule has 3 heteroatoms. The summed E-state index contributed by atoms with van der Waals surface area (Å²) in [4.78, 5) is 2.55. The topological polar surface area (TPSA) is 27.3 Å². The van der Waals surface area contributed by atoms with Gasteiger partial charge in [0.2, 0.25) is 0 Å². The van der Waals surface area contributed by atoms with Crippen molar-refractivity contribution in [1.82, 2.24) is 15.5 Å². The number of hydrogen-bond acceptors (Lipinski definition) is 3. The molecule has 0 bridgehead atoms. The molecule has 2 fully saturated rings. The Morgan fingerprint density at radius 3 is 2.57 bits per heavy atom. The molecule has 2 rings (SSSR count). The third-order valence-electron chi connectivity index (χ3n) is 3.65. The summed E-state index contributed by atoms with van der Waals surface area (Å²) in [6.45, 7) is 9.51. The Morgan fingerprint density at radius 2 is 2.00 bits per heavy atom. The third-order valence-corrected chi connectivity index (χ3v) is 3.65. The summed E-state index contributed by atoms with van der Waals surface area (Å²) in [5.41, 5.74) is 0.480. The number of nitrogens with zero attached hydrogens (tertiary/aromatic N) is 1. The highest BCUT2D eigenvalue weighted by molar-refractivity contribution is 4.91. The Hall–Kier alpha value is -0.120. The smallest absolute Gasteiger partial charge is 0.0153 e. The molecule has 0 aromatic carbocycles. The van der Waals surface area contributed by atoms with E-state index < -0.39 is 0 Å². The molecular weight excluding hydrogens is 174 g/mol. The summed E-state index contributed by atoms with van der Waals surface area (Å²) >= 11 is 0. The van der Waals surface area contributed by atoms with Gasteiger partial charge in [-0.25, -0.2) is 0 Å². The third kappa shape index (κ3) is 2.69. The summed E-state index contributed by atoms with van der Waals surface area (Å²) in [5, 5.41) is 7.06.